The number of anilines is 1. The van der Waals surface area contributed by atoms with Crippen LogP contribution in [-0.4, -0.2) is 36.0 Å². The minimum Gasteiger partial charge on any atom is -0.452 e. The molecule has 29 heavy (non-hydrogen) atoms. The van der Waals surface area contributed by atoms with Gasteiger partial charge in [-0.05, 0) is 49.7 Å². The van der Waals surface area contributed by atoms with Crippen LogP contribution in [0.1, 0.15) is 31.2 Å². The van der Waals surface area contributed by atoms with Crippen LogP contribution in [0.25, 0.3) is 5.00 Å². The standard InChI is InChI=1S/C21H21N3O4S/c1-13-14(2)29-20(24-9-4-5-10-24)18(13)21(27)28-12-17(25)23-16-8-6-7-15(11-16)19(26)22-3/h4-11H,12H2,1-3H3,(H,22,26)(H,23,25). The Morgan fingerprint density at radius 1 is 1.10 bits per heavy atom. The van der Waals surface area contributed by atoms with Crippen molar-refractivity contribution in [2.75, 3.05) is 19.0 Å². The number of nitrogens with one attached hydrogen (secondary N) is 2. The molecule has 150 valence electrons. The van der Waals surface area contributed by atoms with Crippen LogP contribution in [-0.2, 0) is 9.53 Å². The maximum absolute atomic E-state index is 12.7. The molecule has 0 saturated heterocycles. The lowest BCUT2D eigenvalue weighted by Gasteiger charge is -2.09. The molecule has 0 atom stereocenters. The highest BCUT2D eigenvalue weighted by molar-refractivity contribution is 7.15. The van der Waals surface area contributed by atoms with Crippen LogP contribution in [0.4, 0.5) is 5.69 Å². The quantitative estimate of drug-likeness (QED) is 0.609. The lowest BCUT2D eigenvalue weighted by molar-refractivity contribution is -0.119. The van der Waals surface area contributed by atoms with Gasteiger partial charge in [-0.25, -0.2) is 4.79 Å². The van der Waals surface area contributed by atoms with Crippen LogP contribution in [0.3, 0.4) is 0 Å². The monoisotopic (exact) mass is 411 g/mol. The third-order valence-corrected chi connectivity index (χ3v) is 5.60. The van der Waals surface area contributed by atoms with Crippen LogP contribution < -0.4 is 10.6 Å². The van der Waals surface area contributed by atoms with Gasteiger partial charge in [-0.1, -0.05) is 6.07 Å². The van der Waals surface area contributed by atoms with Crippen LogP contribution in [0.5, 0.6) is 0 Å². The number of thiophene rings is 1. The van der Waals surface area contributed by atoms with Crippen molar-refractivity contribution in [3.05, 3.63) is 70.4 Å². The topological polar surface area (TPSA) is 89.4 Å². The number of aromatic nitrogens is 1. The van der Waals surface area contributed by atoms with Gasteiger partial charge in [-0.2, -0.15) is 0 Å². The number of carbonyl (C=O) groups is 3. The number of esters is 1. The summed E-state index contributed by atoms with van der Waals surface area (Å²) in [6, 6.07) is 10.3. The first kappa shape index (κ1) is 20.3. The number of nitrogens with zero attached hydrogens (tertiary/aromatic N) is 1. The maximum Gasteiger partial charge on any atom is 0.341 e. The van der Waals surface area contributed by atoms with Gasteiger partial charge in [-0.15, -0.1) is 11.3 Å². The minimum atomic E-state index is -0.551. The zero-order valence-electron chi connectivity index (χ0n) is 16.3. The summed E-state index contributed by atoms with van der Waals surface area (Å²) in [5.74, 6) is -1.29. The number of ether oxygens (including phenoxy) is 1. The van der Waals surface area contributed by atoms with Gasteiger partial charge in [0, 0.05) is 35.6 Å². The number of hydrogen-bond donors (Lipinski definition) is 2. The Morgan fingerprint density at radius 3 is 2.52 bits per heavy atom. The van der Waals surface area contributed by atoms with Crippen LogP contribution in [0.2, 0.25) is 0 Å². The van der Waals surface area contributed by atoms with Crippen molar-refractivity contribution in [2.24, 2.45) is 0 Å². The Kier molecular flexibility index (Phi) is 6.13. The highest BCUT2D eigenvalue weighted by Crippen LogP contribution is 2.31. The summed E-state index contributed by atoms with van der Waals surface area (Å²) < 4.78 is 7.11. The molecule has 7 nitrogen and oxygen atoms in total. The fourth-order valence-electron chi connectivity index (χ4n) is 2.78. The van der Waals surface area contributed by atoms with E-state index in [-0.39, 0.29) is 5.91 Å². The minimum absolute atomic E-state index is 0.256. The van der Waals surface area contributed by atoms with Gasteiger partial charge in [0.15, 0.2) is 6.61 Å². The van der Waals surface area contributed by atoms with Gasteiger partial charge in [0.2, 0.25) is 0 Å². The van der Waals surface area contributed by atoms with Gasteiger partial charge < -0.3 is 19.9 Å². The predicted octanol–water partition coefficient (Wildman–Crippen LogP) is 3.31. The summed E-state index contributed by atoms with van der Waals surface area (Å²) >= 11 is 1.49. The van der Waals surface area contributed by atoms with E-state index in [0.29, 0.717) is 16.8 Å². The van der Waals surface area contributed by atoms with Gasteiger partial charge in [0.1, 0.15) is 5.00 Å². The molecule has 0 aliphatic rings. The van der Waals surface area contributed by atoms with E-state index in [0.717, 1.165) is 15.4 Å². The summed E-state index contributed by atoms with van der Waals surface area (Å²) in [5, 5.41) is 5.91. The Morgan fingerprint density at radius 2 is 1.83 bits per heavy atom. The number of hydrogen-bond acceptors (Lipinski definition) is 5. The first-order valence-corrected chi connectivity index (χ1v) is 9.74. The Labute approximate surface area is 172 Å². The molecule has 2 heterocycles. The molecule has 0 aliphatic heterocycles. The van der Waals surface area contributed by atoms with E-state index in [1.54, 1.807) is 24.3 Å². The molecular formula is C21H21N3O4S. The molecule has 0 spiro atoms. The zero-order chi connectivity index (χ0) is 21.0. The van der Waals surface area contributed by atoms with E-state index < -0.39 is 18.5 Å². The molecule has 2 aromatic heterocycles. The summed E-state index contributed by atoms with van der Waals surface area (Å²) in [6.45, 7) is 3.37. The van der Waals surface area contributed by atoms with E-state index in [1.807, 2.05) is 42.9 Å². The fourth-order valence-corrected chi connectivity index (χ4v) is 3.89. The van der Waals surface area contributed by atoms with Crippen molar-refractivity contribution in [1.29, 1.82) is 0 Å². The first-order chi connectivity index (χ1) is 13.9. The largest absolute Gasteiger partial charge is 0.452 e. The zero-order valence-corrected chi connectivity index (χ0v) is 17.1. The number of amides is 2. The fraction of sp³-hybridized carbons (Fsp3) is 0.190. The van der Waals surface area contributed by atoms with Crippen molar-refractivity contribution in [3.8, 4) is 5.00 Å². The number of carbonyl (C=O) groups excluding carboxylic acids is 3. The SMILES string of the molecule is CNC(=O)c1cccc(NC(=O)COC(=O)c2c(-n3cccc3)sc(C)c2C)c1. The molecule has 0 radical (unpaired) electrons. The number of benzene rings is 1. The maximum atomic E-state index is 12.7. The number of aryl methyl sites for hydroxylation is 1. The highest BCUT2D eigenvalue weighted by Gasteiger charge is 2.22. The molecular weight excluding hydrogens is 390 g/mol. The van der Waals surface area contributed by atoms with E-state index in [1.165, 1.54) is 18.4 Å². The highest BCUT2D eigenvalue weighted by atomic mass is 32.1. The number of rotatable bonds is 6. The second-order valence-electron chi connectivity index (χ2n) is 6.34. The van der Waals surface area contributed by atoms with Crippen molar-refractivity contribution < 1.29 is 19.1 Å². The molecule has 3 rings (SSSR count). The molecule has 0 unspecified atom stereocenters. The molecule has 3 aromatic rings. The normalized spacial score (nSPS) is 10.4. The van der Waals surface area contributed by atoms with Gasteiger partial charge in [-0.3, -0.25) is 9.59 Å². The summed E-state index contributed by atoms with van der Waals surface area (Å²) in [4.78, 5) is 37.6. The second-order valence-corrected chi connectivity index (χ2v) is 7.54. The van der Waals surface area contributed by atoms with Crippen molar-refractivity contribution in [2.45, 2.75) is 13.8 Å². The van der Waals surface area contributed by atoms with E-state index in [4.69, 9.17) is 4.74 Å². The van der Waals surface area contributed by atoms with Gasteiger partial charge >= 0.3 is 5.97 Å². The molecule has 2 N–H and O–H groups in total. The molecule has 1 aromatic carbocycles. The molecule has 0 aliphatic carbocycles. The third-order valence-electron chi connectivity index (χ3n) is 4.38. The summed E-state index contributed by atoms with van der Waals surface area (Å²) in [5.41, 5.74) is 2.16. The Hall–Kier alpha value is -3.39. The van der Waals surface area contributed by atoms with Crippen molar-refractivity contribution in [3.63, 3.8) is 0 Å². The second kappa shape index (κ2) is 8.74. The average Bonchev–Trinajstić information content (AvgIpc) is 3.34. The van der Waals surface area contributed by atoms with Crippen LogP contribution in [0, 0.1) is 13.8 Å². The lowest BCUT2D eigenvalue weighted by atomic mass is 10.1. The molecule has 8 heteroatoms. The first-order valence-electron chi connectivity index (χ1n) is 8.93. The van der Waals surface area contributed by atoms with Crippen molar-refractivity contribution >= 4 is 34.8 Å². The van der Waals surface area contributed by atoms with E-state index in [9.17, 15) is 14.4 Å². The van der Waals surface area contributed by atoms with Crippen molar-refractivity contribution in [1.82, 2.24) is 9.88 Å². The van der Waals surface area contributed by atoms with Crippen LogP contribution in [0.15, 0.2) is 48.8 Å². The third kappa shape index (κ3) is 4.55. The van der Waals surface area contributed by atoms with E-state index in [2.05, 4.69) is 10.6 Å². The average molecular weight is 411 g/mol. The van der Waals surface area contributed by atoms with Crippen LogP contribution >= 0.6 is 11.3 Å². The smallest absolute Gasteiger partial charge is 0.341 e. The molecule has 0 bridgehead atoms. The van der Waals surface area contributed by atoms with Gasteiger partial charge in [0.05, 0.1) is 5.56 Å². The summed E-state index contributed by atoms with van der Waals surface area (Å²) in [6.07, 6.45) is 3.71. The molecule has 2 amide bonds. The Balaban J connectivity index is 1.67. The predicted molar refractivity (Wildman–Crippen MR) is 112 cm³/mol. The summed E-state index contributed by atoms with van der Waals surface area (Å²) in [7, 11) is 1.53. The Bertz CT molecular complexity index is 1050. The molecule has 0 fully saturated rings. The van der Waals surface area contributed by atoms with Gasteiger partial charge in [0.25, 0.3) is 11.8 Å². The molecule has 0 saturated carbocycles. The van der Waals surface area contributed by atoms with E-state index >= 15 is 0 Å². The lowest BCUT2D eigenvalue weighted by Crippen LogP contribution is -2.22.